The maximum atomic E-state index is 9.82. The molecule has 1 fully saturated rings. The molecule has 0 aliphatic carbocycles. The second-order valence-electron chi connectivity index (χ2n) is 5.53. The van der Waals surface area contributed by atoms with Crippen LogP contribution < -0.4 is 4.90 Å². The van der Waals surface area contributed by atoms with Gasteiger partial charge in [-0.1, -0.05) is 23.2 Å². The maximum Gasteiger partial charge on any atom is 0.147 e. The third kappa shape index (κ3) is 4.21. The molecule has 0 spiro atoms. The van der Waals surface area contributed by atoms with E-state index in [1.54, 1.807) is 12.3 Å². The largest absolute Gasteiger partial charge is 0.389 e. The van der Waals surface area contributed by atoms with Gasteiger partial charge in [0.2, 0.25) is 0 Å². The van der Waals surface area contributed by atoms with Crippen molar-refractivity contribution < 1.29 is 5.11 Å². The molecule has 0 saturated carbocycles. The zero-order chi connectivity index (χ0) is 14.0. The lowest BCUT2D eigenvalue weighted by molar-refractivity contribution is 0.0344. The van der Waals surface area contributed by atoms with Gasteiger partial charge >= 0.3 is 0 Å². The fourth-order valence-corrected chi connectivity index (χ4v) is 2.80. The number of nitrogens with zero attached hydrogens (tertiary/aromatic N) is 3. The smallest absolute Gasteiger partial charge is 0.147 e. The lowest BCUT2D eigenvalue weighted by atomic mass is 10.1. The Hall–Kier alpha value is -0.550. The molecular weight excluding hydrogens is 285 g/mol. The fourth-order valence-electron chi connectivity index (χ4n) is 2.31. The molecule has 0 unspecified atom stereocenters. The van der Waals surface area contributed by atoms with Gasteiger partial charge in [-0.15, -0.1) is 0 Å². The summed E-state index contributed by atoms with van der Waals surface area (Å²) in [6.07, 6.45) is 1.62. The van der Waals surface area contributed by atoms with Crippen LogP contribution in [0.1, 0.15) is 13.8 Å². The van der Waals surface area contributed by atoms with E-state index in [4.69, 9.17) is 23.2 Å². The van der Waals surface area contributed by atoms with Crippen LogP contribution >= 0.6 is 23.2 Å². The predicted molar refractivity (Wildman–Crippen MR) is 79.2 cm³/mol. The number of aliphatic hydroxyl groups is 1. The molecule has 2 heterocycles. The highest BCUT2D eigenvalue weighted by molar-refractivity contribution is 6.36. The summed E-state index contributed by atoms with van der Waals surface area (Å²) in [5.74, 6) is 0.786. The zero-order valence-corrected chi connectivity index (χ0v) is 12.7. The van der Waals surface area contributed by atoms with E-state index in [0.29, 0.717) is 16.6 Å². The van der Waals surface area contributed by atoms with E-state index in [0.717, 1.165) is 32.0 Å². The van der Waals surface area contributed by atoms with Gasteiger partial charge in [0.05, 0.1) is 15.6 Å². The standard InChI is InChI=1S/C13H19Cl2N3O/c1-13(2,19)9-17-3-5-18(6-4-17)12-11(15)7-10(14)8-16-12/h7-8,19H,3-6,9H2,1-2H3. The Balaban J connectivity index is 1.96. The third-order valence-corrected chi connectivity index (χ3v) is 3.56. The predicted octanol–water partition coefficient (Wildman–Crippen LogP) is 2.28. The lowest BCUT2D eigenvalue weighted by Gasteiger charge is -2.38. The van der Waals surface area contributed by atoms with Crippen LogP contribution in [0.3, 0.4) is 0 Å². The number of pyridine rings is 1. The Morgan fingerprint density at radius 2 is 1.89 bits per heavy atom. The van der Waals surface area contributed by atoms with Crippen LogP contribution in [0.2, 0.25) is 10.0 Å². The first-order valence-electron chi connectivity index (χ1n) is 6.36. The summed E-state index contributed by atoms with van der Waals surface area (Å²) >= 11 is 12.0. The molecular formula is C13H19Cl2N3O. The van der Waals surface area contributed by atoms with Gasteiger partial charge in [-0.25, -0.2) is 4.98 Å². The number of hydrogen-bond donors (Lipinski definition) is 1. The number of halogens is 2. The summed E-state index contributed by atoms with van der Waals surface area (Å²) in [5.41, 5.74) is -0.654. The summed E-state index contributed by atoms with van der Waals surface area (Å²) in [5, 5.41) is 11.0. The highest BCUT2D eigenvalue weighted by atomic mass is 35.5. The van der Waals surface area contributed by atoms with E-state index in [1.807, 2.05) is 13.8 Å². The van der Waals surface area contributed by atoms with Crippen LogP contribution in [-0.4, -0.2) is 53.3 Å². The monoisotopic (exact) mass is 303 g/mol. The number of hydrogen-bond acceptors (Lipinski definition) is 4. The minimum absolute atomic E-state index is 0.550. The average molecular weight is 304 g/mol. The SMILES string of the molecule is CC(C)(O)CN1CCN(c2ncc(Cl)cc2Cl)CC1. The van der Waals surface area contributed by atoms with Crippen LogP contribution in [0.25, 0.3) is 0 Å². The van der Waals surface area contributed by atoms with Gasteiger partial charge in [-0.05, 0) is 19.9 Å². The van der Waals surface area contributed by atoms with Crippen molar-refractivity contribution in [2.45, 2.75) is 19.4 Å². The van der Waals surface area contributed by atoms with Crippen molar-refractivity contribution in [1.82, 2.24) is 9.88 Å². The number of anilines is 1. The number of β-amino-alcohol motifs (C(OH)–C–C–N with tert-alkyl or cyclic N) is 1. The molecule has 106 valence electrons. The lowest BCUT2D eigenvalue weighted by Crippen LogP contribution is -2.50. The molecule has 1 N–H and O–H groups in total. The van der Waals surface area contributed by atoms with Crippen molar-refractivity contribution in [3.8, 4) is 0 Å². The molecule has 1 aliphatic rings. The van der Waals surface area contributed by atoms with Crippen molar-refractivity contribution in [2.24, 2.45) is 0 Å². The molecule has 1 aliphatic heterocycles. The first-order chi connectivity index (χ1) is 8.85. The van der Waals surface area contributed by atoms with E-state index >= 15 is 0 Å². The van der Waals surface area contributed by atoms with Crippen LogP contribution in [-0.2, 0) is 0 Å². The molecule has 0 atom stereocenters. The van der Waals surface area contributed by atoms with Gasteiger partial charge in [0.1, 0.15) is 5.82 Å². The van der Waals surface area contributed by atoms with Gasteiger partial charge in [0.15, 0.2) is 0 Å². The van der Waals surface area contributed by atoms with Crippen LogP contribution in [0.4, 0.5) is 5.82 Å². The number of rotatable bonds is 3. The van der Waals surface area contributed by atoms with E-state index in [-0.39, 0.29) is 0 Å². The average Bonchev–Trinajstić information content (AvgIpc) is 2.28. The first kappa shape index (κ1) is 14.9. The number of piperazine rings is 1. The quantitative estimate of drug-likeness (QED) is 0.930. The molecule has 0 radical (unpaired) electrons. The normalized spacial score (nSPS) is 17.8. The van der Waals surface area contributed by atoms with Gasteiger partial charge in [0, 0.05) is 38.9 Å². The van der Waals surface area contributed by atoms with Crippen molar-refractivity contribution in [3.05, 3.63) is 22.3 Å². The van der Waals surface area contributed by atoms with E-state index in [1.165, 1.54) is 0 Å². The molecule has 1 saturated heterocycles. The maximum absolute atomic E-state index is 9.82. The Labute approximate surface area is 123 Å². The second kappa shape index (κ2) is 5.83. The summed E-state index contributed by atoms with van der Waals surface area (Å²) in [6.45, 7) is 7.83. The molecule has 0 amide bonds. The van der Waals surface area contributed by atoms with Crippen molar-refractivity contribution in [2.75, 3.05) is 37.6 Å². The van der Waals surface area contributed by atoms with Crippen LogP contribution in [0.5, 0.6) is 0 Å². The zero-order valence-electron chi connectivity index (χ0n) is 11.2. The van der Waals surface area contributed by atoms with Gasteiger partial charge < -0.3 is 10.0 Å². The van der Waals surface area contributed by atoms with Gasteiger partial charge in [0.25, 0.3) is 0 Å². The second-order valence-corrected chi connectivity index (χ2v) is 6.38. The van der Waals surface area contributed by atoms with E-state index < -0.39 is 5.60 Å². The fraction of sp³-hybridized carbons (Fsp3) is 0.615. The molecule has 4 nitrogen and oxygen atoms in total. The van der Waals surface area contributed by atoms with Crippen LogP contribution in [0.15, 0.2) is 12.3 Å². The molecule has 1 aromatic heterocycles. The Morgan fingerprint density at radius 1 is 1.26 bits per heavy atom. The van der Waals surface area contributed by atoms with Crippen LogP contribution in [0, 0.1) is 0 Å². The molecule has 0 bridgehead atoms. The summed E-state index contributed by atoms with van der Waals surface area (Å²) in [7, 11) is 0. The van der Waals surface area contributed by atoms with E-state index in [2.05, 4.69) is 14.8 Å². The molecule has 1 aromatic rings. The highest BCUT2D eigenvalue weighted by Gasteiger charge is 2.24. The summed E-state index contributed by atoms with van der Waals surface area (Å²) in [6, 6.07) is 1.72. The first-order valence-corrected chi connectivity index (χ1v) is 7.11. The number of aromatic nitrogens is 1. The highest BCUT2D eigenvalue weighted by Crippen LogP contribution is 2.26. The van der Waals surface area contributed by atoms with E-state index in [9.17, 15) is 5.11 Å². The Morgan fingerprint density at radius 3 is 2.42 bits per heavy atom. The molecule has 2 rings (SSSR count). The Bertz CT molecular complexity index is 440. The van der Waals surface area contributed by atoms with Crippen molar-refractivity contribution in [1.29, 1.82) is 0 Å². The minimum atomic E-state index is -0.654. The van der Waals surface area contributed by atoms with Crippen molar-refractivity contribution in [3.63, 3.8) is 0 Å². The Kier molecular flexibility index (Phi) is 4.56. The summed E-state index contributed by atoms with van der Waals surface area (Å²) < 4.78 is 0. The minimum Gasteiger partial charge on any atom is -0.389 e. The molecule has 19 heavy (non-hydrogen) atoms. The van der Waals surface area contributed by atoms with Gasteiger partial charge in [-0.2, -0.15) is 0 Å². The molecule has 6 heteroatoms. The third-order valence-electron chi connectivity index (χ3n) is 3.07. The molecule has 0 aromatic carbocycles. The van der Waals surface area contributed by atoms with Crippen molar-refractivity contribution >= 4 is 29.0 Å². The summed E-state index contributed by atoms with van der Waals surface area (Å²) in [4.78, 5) is 8.70. The van der Waals surface area contributed by atoms with Gasteiger partial charge in [-0.3, -0.25) is 4.90 Å². The topological polar surface area (TPSA) is 39.6 Å².